The zero-order valence-electron chi connectivity index (χ0n) is 15.0. The van der Waals surface area contributed by atoms with E-state index in [1.807, 2.05) is 29.2 Å². The van der Waals surface area contributed by atoms with Crippen LogP contribution in [0, 0.1) is 5.92 Å². The van der Waals surface area contributed by atoms with Gasteiger partial charge in [-0.25, -0.2) is 0 Å². The Bertz CT molecular complexity index is 841. The largest absolute Gasteiger partial charge is 0.368 e. The van der Waals surface area contributed by atoms with E-state index in [0.29, 0.717) is 16.5 Å². The van der Waals surface area contributed by atoms with Gasteiger partial charge < -0.3 is 15.1 Å². The summed E-state index contributed by atoms with van der Waals surface area (Å²) in [5, 5.41) is 3.31. The summed E-state index contributed by atoms with van der Waals surface area (Å²) >= 11 is 6.07. The van der Waals surface area contributed by atoms with Crippen molar-refractivity contribution >= 4 is 34.8 Å². The monoisotopic (exact) mass is 383 g/mol. The minimum absolute atomic E-state index is 0.222. The quantitative estimate of drug-likeness (QED) is 0.876. The molecule has 1 heterocycles. The molecule has 2 fully saturated rings. The van der Waals surface area contributed by atoms with Gasteiger partial charge in [-0.05, 0) is 49.2 Å². The Balaban J connectivity index is 1.34. The van der Waals surface area contributed by atoms with Crippen molar-refractivity contribution in [2.45, 2.75) is 12.8 Å². The number of piperazine rings is 1. The average molecular weight is 384 g/mol. The smallest absolute Gasteiger partial charge is 0.257 e. The Labute approximate surface area is 163 Å². The third-order valence-electron chi connectivity index (χ3n) is 5.13. The molecule has 0 atom stereocenters. The first-order chi connectivity index (χ1) is 13.1. The van der Waals surface area contributed by atoms with E-state index in [1.54, 1.807) is 24.3 Å². The molecule has 1 aliphatic heterocycles. The summed E-state index contributed by atoms with van der Waals surface area (Å²) < 4.78 is 0. The number of carbonyl (C=O) groups excluding carboxylic acids is 2. The van der Waals surface area contributed by atoms with Crippen molar-refractivity contribution in [1.82, 2.24) is 4.90 Å². The van der Waals surface area contributed by atoms with Gasteiger partial charge in [-0.1, -0.05) is 23.7 Å². The van der Waals surface area contributed by atoms with Crippen LogP contribution in [0.25, 0.3) is 0 Å². The number of nitrogens with zero attached hydrogens (tertiary/aromatic N) is 2. The maximum atomic E-state index is 12.3. The molecule has 27 heavy (non-hydrogen) atoms. The molecule has 2 aromatic carbocycles. The Morgan fingerprint density at radius 2 is 1.59 bits per heavy atom. The molecular formula is C21H22ClN3O2. The van der Waals surface area contributed by atoms with Gasteiger partial charge in [0.25, 0.3) is 5.91 Å². The van der Waals surface area contributed by atoms with E-state index in [1.165, 1.54) is 0 Å². The zero-order chi connectivity index (χ0) is 18.8. The number of nitrogens with one attached hydrogen (secondary N) is 1. The van der Waals surface area contributed by atoms with Crippen molar-refractivity contribution in [3.8, 4) is 0 Å². The van der Waals surface area contributed by atoms with E-state index < -0.39 is 0 Å². The minimum Gasteiger partial charge on any atom is -0.368 e. The first-order valence-electron chi connectivity index (χ1n) is 9.31. The van der Waals surface area contributed by atoms with E-state index in [-0.39, 0.29) is 11.8 Å². The molecule has 6 heteroatoms. The van der Waals surface area contributed by atoms with Crippen molar-refractivity contribution in [2.75, 3.05) is 36.4 Å². The van der Waals surface area contributed by atoms with Crippen LogP contribution in [0.1, 0.15) is 23.2 Å². The van der Waals surface area contributed by atoms with Gasteiger partial charge in [0.15, 0.2) is 0 Å². The number of amides is 2. The van der Waals surface area contributed by atoms with Crippen molar-refractivity contribution in [2.24, 2.45) is 5.92 Å². The van der Waals surface area contributed by atoms with Crippen LogP contribution in [0.2, 0.25) is 5.02 Å². The number of benzene rings is 2. The van der Waals surface area contributed by atoms with Crippen LogP contribution < -0.4 is 10.2 Å². The predicted molar refractivity (Wildman–Crippen MR) is 107 cm³/mol. The molecule has 0 radical (unpaired) electrons. The van der Waals surface area contributed by atoms with Crippen molar-refractivity contribution in [1.29, 1.82) is 0 Å². The lowest BCUT2D eigenvalue weighted by Gasteiger charge is -2.36. The van der Waals surface area contributed by atoms with Crippen LogP contribution in [-0.2, 0) is 4.79 Å². The number of hydrogen-bond acceptors (Lipinski definition) is 3. The third kappa shape index (κ3) is 4.08. The molecule has 2 amide bonds. The van der Waals surface area contributed by atoms with Crippen LogP contribution in [0.3, 0.4) is 0 Å². The number of carbonyl (C=O) groups is 2. The highest BCUT2D eigenvalue weighted by atomic mass is 35.5. The van der Waals surface area contributed by atoms with Crippen LogP contribution in [0.15, 0.2) is 48.5 Å². The fourth-order valence-electron chi connectivity index (χ4n) is 3.37. The molecular weight excluding hydrogens is 362 g/mol. The van der Waals surface area contributed by atoms with Gasteiger partial charge in [0.05, 0.1) is 10.6 Å². The van der Waals surface area contributed by atoms with Crippen LogP contribution >= 0.6 is 11.6 Å². The second-order valence-corrected chi connectivity index (χ2v) is 7.47. The molecule has 1 aliphatic carbocycles. The lowest BCUT2D eigenvalue weighted by Crippen LogP contribution is -2.49. The first kappa shape index (κ1) is 17.9. The third-order valence-corrected chi connectivity index (χ3v) is 5.46. The van der Waals surface area contributed by atoms with Crippen molar-refractivity contribution in [3.05, 3.63) is 59.1 Å². The molecule has 0 spiro atoms. The van der Waals surface area contributed by atoms with Crippen LogP contribution in [-0.4, -0.2) is 42.9 Å². The number of hydrogen-bond donors (Lipinski definition) is 1. The van der Waals surface area contributed by atoms with Gasteiger partial charge in [-0.3, -0.25) is 9.59 Å². The van der Waals surface area contributed by atoms with E-state index in [4.69, 9.17) is 11.6 Å². The molecule has 1 saturated carbocycles. The lowest BCUT2D eigenvalue weighted by molar-refractivity contribution is -0.132. The normalized spacial score (nSPS) is 16.9. The Kier molecular flexibility index (Phi) is 5.03. The SMILES string of the molecule is O=C(Nc1ccc(N2CCN(C(=O)C3CC3)CC2)cc1)c1ccccc1Cl. The number of rotatable bonds is 4. The average Bonchev–Trinajstić information content (AvgIpc) is 3.54. The predicted octanol–water partition coefficient (Wildman–Crippen LogP) is 3.65. The van der Waals surface area contributed by atoms with E-state index in [2.05, 4.69) is 10.2 Å². The van der Waals surface area contributed by atoms with Gasteiger partial charge >= 0.3 is 0 Å². The van der Waals surface area contributed by atoms with Gasteiger partial charge in [-0.2, -0.15) is 0 Å². The highest BCUT2D eigenvalue weighted by Crippen LogP contribution is 2.31. The zero-order valence-corrected chi connectivity index (χ0v) is 15.8. The van der Waals surface area contributed by atoms with Gasteiger partial charge in [0, 0.05) is 43.5 Å². The molecule has 1 N–H and O–H groups in total. The molecule has 0 unspecified atom stereocenters. The molecule has 0 aromatic heterocycles. The van der Waals surface area contributed by atoms with E-state index >= 15 is 0 Å². The minimum atomic E-state index is -0.222. The fraction of sp³-hybridized carbons (Fsp3) is 0.333. The molecule has 2 aromatic rings. The molecule has 1 saturated heterocycles. The standard InChI is InChI=1S/C21H22ClN3O2/c22-19-4-2-1-3-18(19)20(26)23-16-7-9-17(10-8-16)24-11-13-25(14-12-24)21(27)15-5-6-15/h1-4,7-10,15H,5-6,11-14H2,(H,23,26). The Morgan fingerprint density at radius 3 is 2.22 bits per heavy atom. The maximum Gasteiger partial charge on any atom is 0.257 e. The highest BCUT2D eigenvalue weighted by Gasteiger charge is 2.34. The summed E-state index contributed by atoms with van der Waals surface area (Å²) in [4.78, 5) is 28.8. The summed E-state index contributed by atoms with van der Waals surface area (Å²) in [5.41, 5.74) is 2.29. The summed E-state index contributed by atoms with van der Waals surface area (Å²) in [6, 6.07) is 14.8. The van der Waals surface area contributed by atoms with Crippen LogP contribution in [0.5, 0.6) is 0 Å². The second kappa shape index (κ2) is 7.61. The van der Waals surface area contributed by atoms with Crippen molar-refractivity contribution < 1.29 is 9.59 Å². The summed E-state index contributed by atoms with van der Waals surface area (Å²) in [6.45, 7) is 3.23. The van der Waals surface area contributed by atoms with Crippen molar-refractivity contribution in [3.63, 3.8) is 0 Å². The summed E-state index contributed by atoms with van der Waals surface area (Å²) in [6.07, 6.45) is 2.11. The molecule has 5 nitrogen and oxygen atoms in total. The maximum absolute atomic E-state index is 12.3. The lowest BCUT2D eigenvalue weighted by atomic mass is 10.2. The first-order valence-corrected chi connectivity index (χ1v) is 9.69. The molecule has 4 rings (SSSR count). The summed E-state index contributed by atoms with van der Waals surface area (Å²) in [7, 11) is 0. The number of halogens is 1. The highest BCUT2D eigenvalue weighted by molar-refractivity contribution is 6.34. The molecule has 2 aliphatic rings. The van der Waals surface area contributed by atoms with Gasteiger partial charge in [0.2, 0.25) is 5.91 Å². The van der Waals surface area contributed by atoms with Gasteiger partial charge in [-0.15, -0.1) is 0 Å². The Hall–Kier alpha value is -2.53. The van der Waals surface area contributed by atoms with E-state index in [0.717, 1.165) is 50.4 Å². The second-order valence-electron chi connectivity index (χ2n) is 7.07. The molecule has 140 valence electrons. The van der Waals surface area contributed by atoms with Gasteiger partial charge in [0.1, 0.15) is 0 Å². The number of anilines is 2. The summed E-state index contributed by atoms with van der Waals surface area (Å²) in [5.74, 6) is 0.394. The van der Waals surface area contributed by atoms with E-state index in [9.17, 15) is 9.59 Å². The Morgan fingerprint density at radius 1 is 0.926 bits per heavy atom. The molecule has 0 bridgehead atoms. The van der Waals surface area contributed by atoms with Crippen LogP contribution in [0.4, 0.5) is 11.4 Å². The fourth-order valence-corrected chi connectivity index (χ4v) is 3.59. The topological polar surface area (TPSA) is 52.7 Å².